The van der Waals surface area contributed by atoms with Gasteiger partial charge in [0.05, 0.1) is 33.2 Å². The summed E-state index contributed by atoms with van der Waals surface area (Å²) in [5, 5.41) is 14.2. The number of hydrogen-bond donors (Lipinski definition) is 6. The highest BCUT2D eigenvalue weighted by molar-refractivity contribution is 7.89. The van der Waals surface area contributed by atoms with E-state index >= 15 is 0 Å². The standard InChI is InChI=1S/C31H38ClF3N8O4S2/c1-2-28(39-16-19-3-6-22(7-4-19)48(37,44)45)41-26(18-40-30(12-13-30)31(33,34)35)29-24(36)9-10-25(42-29)20-5-8-23(32)27(15-20)49(46,47)43-21-11-14-38-17-21/h3-10,15,21,28,38-40,43H,2,11-14,16-18,36H2,1H3,(H2,37,44,45). The molecular formula is C31H38ClF3N8O4S2. The summed E-state index contributed by atoms with van der Waals surface area (Å²) in [4.78, 5) is 9.26. The number of pyridine rings is 1. The fraction of sp³-hybridized carbons (Fsp3) is 0.419. The highest BCUT2D eigenvalue weighted by Crippen LogP contribution is 2.48. The van der Waals surface area contributed by atoms with Gasteiger partial charge in [-0.2, -0.15) is 13.2 Å². The van der Waals surface area contributed by atoms with E-state index < -0.39 is 37.9 Å². The smallest absolute Gasteiger partial charge is 0.397 e. The Morgan fingerprint density at radius 3 is 2.43 bits per heavy atom. The van der Waals surface area contributed by atoms with Crippen molar-refractivity contribution in [1.29, 1.82) is 0 Å². The molecule has 2 aromatic carbocycles. The second kappa shape index (κ2) is 14.6. The van der Waals surface area contributed by atoms with Gasteiger partial charge in [-0.3, -0.25) is 15.6 Å². The van der Waals surface area contributed by atoms with Crippen molar-refractivity contribution >= 4 is 43.0 Å². The van der Waals surface area contributed by atoms with E-state index in [4.69, 9.17) is 27.5 Å². The SMILES string of the molecule is CCC(N=C(CNC1(C(F)(F)F)CC1)c1nc(-c2ccc(Cl)c(S(=O)(=O)NC3CCNC3)c2)ccc1N)NCc1ccc(S(N)(=O)=O)cc1. The van der Waals surface area contributed by atoms with E-state index in [2.05, 4.69) is 25.7 Å². The van der Waals surface area contributed by atoms with Crippen molar-refractivity contribution in [1.82, 2.24) is 25.7 Å². The van der Waals surface area contributed by atoms with Gasteiger partial charge in [0.1, 0.15) is 16.1 Å². The van der Waals surface area contributed by atoms with Gasteiger partial charge < -0.3 is 11.1 Å². The largest absolute Gasteiger partial charge is 0.406 e. The molecule has 18 heteroatoms. The fourth-order valence-corrected chi connectivity index (χ4v) is 7.71. The monoisotopic (exact) mass is 742 g/mol. The molecule has 8 N–H and O–H groups in total. The molecule has 12 nitrogen and oxygen atoms in total. The Hall–Kier alpha value is -3.16. The van der Waals surface area contributed by atoms with Gasteiger partial charge in [0.15, 0.2) is 0 Å². The second-order valence-corrected chi connectivity index (χ2v) is 15.7. The topological polar surface area (TPSA) is 194 Å². The molecule has 0 bridgehead atoms. The Kier molecular flexibility index (Phi) is 11.1. The number of nitrogen functional groups attached to an aromatic ring is 1. The molecule has 1 aliphatic heterocycles. The van der Waals surface area contributed by atoms with E-state index in [9.17, 15) is 30.0 Å². The number of nitrogens with one attached hydrogen (secondary N) is 4. The summed E-state index contributed by atoms with van der Waals surface area (Å²) in [6, 6.07) is 13.2. The van der Waals surface area contributed by atoms with Crippen LogP contribution in [0, 0.1) is 0 Å². The number of hydrogen-bond acceptors (Lipinski definition) is 10. The predicted octanol–water partition coefficient (Wildman–Crippen LogP) is 3.27. The maximum atomic E-state index is 13.9. The lowest BCUT2D eigenvalue weighted by molar-refractivity contribution is -0.164. The Labute approximate surface area is 288 Å². The summed E-state index contributed by atoms with van der Waals surface area (Å²) in [6.07, 6.45) is -4.16. The van der Waals surface area contributed by atoms with Crippen molar-refractivity contribution in [2.45, 2.75) is 72.9 Å². The summed E-state index contributed by atoms with van der Waals surface area (Å²) in [5.41, 5.74) is 6.19. The third-order valence-electron chi connectivity index (χ3n) is 8.48. The molecular weight excluding hydrogens is 705 g/mol. The van der Waals surface area contributed by atoms with Gasteiger partial charge in [0.2, 0.25) is 20.0 Å². The van der Waals surface area contributed by atoms with Crippen LogP contribution in [-0.2, 0) is 26.6 Å². The Balaban J connectivity index is 1.46. The molecule has 0 amide bonds. The first-order valence-electron chi connectivity index (χ1n) is 15.5. The minimum atomic E-state index is -4.47. The number of nitrogens with zero attached hydrogens (tertiary/aromatic N) is 2. The lowest BCUT2D eigenvalue weighted by Crippen LogP contribution is -2.47. The first-order valence-corrected chi connectivity index (χ1v) is 19.0. The normalized spacial score (nSPS) is 18.8. The molecule has 0 radical (unpaired) electrons. The molecule has 1 aliphatic carbocycles. The molecule has 2 fully saturated rings. The van der Waals surface area contributed by atoms with Crippen LogP contribution in [-0.4, -0.2) is 71.1 Å². The van der Waals surface area contributed by atoms with E-state index in [1.165, 1.54) is 30.3 Å². The van der Waals surface area contributed by atoms with Gasteiger partial charge in [-0.1, -0.05) is 36.7 Å². The van der Waals surface area contributed by atoms with E-state index in [0.29, 0.717) is 37.2 Å². The first-order chi connectivity index (χ1) is 23.0. The zero-order valence-electron chi connectivity index (χ0n) is 26.5. The summed E-state index contributed by atoms with van der Waals surface area (Å²) >= 11 is 6.33. The van der Waals surface area contributed by atoms with E-state index in [1.807, 2.05) is 6.92 Å². The number of rotatable bonds is 14. The summed E-state index contributed by atoms with van der Waals surface area (Å²) < 4.78 is 94.0. The number of aliphatic imine (C=N–C) groups is 1. The molecule has 2 unspecified atom stereocenters. The molecule has 1 saturated carbocycles. The summed E-state index contributed by atoms with van der Waals surface area (Å²) in [5.74, 6) is 0. The molecule has 3 aromatic rings. The van der Waals surface area contributed by atoms with Crippen LogP contribution in [0.15, 0.2) is 69.4 Å². The fourth-order valence-electron chi connectivity index (χ4n) is 5.40. The molecule has 1 aromatic heterocycles. The number of anilines is 1. The average molecular weight is 743 g/mol. The number of nitrogens with two attached hydrogens (primary N) is 2. The molecule has 5 rings (SSSR count). The highest BCUT2D eigenvalue weighted by atomic mass is 35.5. The van der Waals surface area contributed by atoms with Gasteiger partial charge >= 0.3 is 6.18 Å². The number of alkyl halides is 3. The van der Waals surface area contributed by atoms with Crippen LogP contribution in [0.1, 0.15) is 43.9 Å². The molecule has 0 spiro atoms. The van der Waals surface area contributed by atoms with Crippen molar-refractivity contribution in [2.75, 3.05) is 25.4 Å². The van der Waals surface area contributed by atoms with Crippen LogP contribution in [0.5, 0.6) is 0 Å². The van der Waals surface area contributed by atoms with Gasteiger partial charge in [0, 0.05) is 31.2 Å². The molecule has 266 valence electrons. The van der Waals surface area contributed by atoms with Crippen LogP contribution < -0.4 is 31.5 Å². The van der Waals surface area contributed by atoms with E-state index in [0.717, 1.165) is 5.56 Å². The highest BCUT2D eigenvalue weighted by Gasteiger charge is 2.63. The Morgan fingerprint density at radius 1 is 1.12 bits per heavy atom. The number of primary sulfonamides is 1. The number of benzene rings is 2. The van der Waals surface area contributed by atoms with Gasteiger partial charge in [0.25, 0.3) is 0 Å². The van der Waals surface area contributed by atoms with Crippen LogP contribution in [0.25, 0.3) is 11.3 Å². The third kappa shape index (κ3) is 8.96. The van der Waals surface area contributed by atoms with Gasteiger partial charge in [-0.25, -0.2) is 31.7 Å². The quantitative estimate of drug-likeness (QED) is 0.135. The van der Waals surface area contributed by atoms with E-state index in [-0.39, 0.29) is 63.9 Å². The lowest BCUT2D eigenvalue weighted by atomic mass is 10.1. The summed E-state index contributed by atoms with van der Waals surface area (Å²) in [7, 11) is -7.85. The molecule has 1 saturated heterocycles. The van der Waals surface area contributed by atoms with Gasteiger partial charge in [-0.05, 0) is 74.2 Å². The van der Waals surface area contributed by atoms with Crippen LogP contribution in [0.4, 0.5) is 18.9 Å². The average Bonchev–Trinajstić information content (AvgIpc) is 3.69. The molecule has 2 heterocycles. The van der Waals surface area contributed by atoms with Crippen LogP contribution >= 0.6 is 11.6 Å². The van der Waals surface area contributed by atoms with Crippen LogP contribution in [0.2, 0.25) is 5.02 Å². The number of sulfonamides is 2. The predicted molar refractivity (Wildman–Crippen MR) is 182 cm³/mol. The minimum absolute atomic E-state index is 0.0161. The van der Waals surface area contributed by atoms with Crippen molar-refractivity contribution in [3.05, 3.63) is 70.9 Å². The maximum absolute atomic E-state index is 13.9. The molecule has 49 heavy (non-hydrogen) atoms. The second-order valence-electron chi connectivity index (χ2n) is 12.1. The zero-order valence-corrected chi connectivity index (χ0v) is 28.9. The third-order valence-corrected chi connectivity index (χ3v) is 11.4. The van der Waals surface area contributed by atoms with E-state index in [1.54, 1.807) is 24.3 Å². The lowest BCUT2D eigenvalue weighted by Gasteiger charge is -2.23. The maximum Gasteiger partial charge on any atom is 0.406 e. The number of halogens is 4. The van der Waals surface area contributed by atoms with Crippen molar-refractivity contribution in [3.8, 4) is 11.3 Å². The Morgan fingerprint density at radius 2 is 1.84 bits per heavy atom. The van der Waals surface area contributed by atoms with Crippen molar-refractivity contribution in [2.24, 2.45) is 10.1 Å². The van der Waals surface area contributed by atoms with Crippen LogP contribution in [0.3, 0.4) is 0 Å². The molecule has 2 aliphatic rings. The molecule has 2 atom stereocenters. The minimum Gasteiger partial charge on any atom is -0.397 e. The first kappa shape index (κ1) is 37.1. The van der Waals surface area contributed by atoms with Crippen molar-refractivity contribution in [3.63, 3.8) is 0 Å². The van der Waals surface area contributed by atoms with Gasteiger partial charge in [-0.15, -0.1) is 0 Å². The summed E-state index contributed by atoms with van der Waals surface area (Å²) in [6.45, 7) is 2.97. The zero-order chi connectivity index (χ0) is 35.6. The number of aromatic nitrogens is 1. The Bertz CT molecular complexity index is 1920. The van der Waals surface area contributed by atoms with Crippen molar-refractivity contribution < 1.29 is 30.0 Å².